The van der Waals surface area contributed by atoms with Crippen LogP contribution in [0.2, 0.25) is 0 Å². The molecule has 0 amide bonds. The Labute approximate surface area is 72.0 Å². The van der Waals surface area contributed by atoms with Gasteiger partial charge in [-0.2, -0.15) is 0 Å². The van der Waals surface area contributed by atoms with Gasteiger partial charge < -0.3 is 0 Å². The molecule has 0 aliphatic rings. The molecule has 64 valence electrons. The van der Waals surface area contributed by atoms with Gasteiger partial charge in [0.25, 0.3) is 0 Å². The fraction of sp³-hybridized carbons (Fsp3) is 0.300. The van der Waals surface area contributed by atoms with Gasteiger partial charge in [0.15, 0.2) is 0 Å². The van der Waals surface area contributed by atoms with Crippen molar-refractivity contribution in [3.05, 3.63) is 35.6 Å². The van der Waals surface area contributed by atoms with Crippen LogP contribution in [0, 0.1) is 5.82 Å². The van der Waals surface area contributed by atoms with Crippen molar-refractivity contribution < 1.29 is 4.39 Å². The lowest BCUT2D eigenvalue weighted by Crippen LogP contribution is -1.86. The Morgan fingerprint density at radius 3 is 2.58 bits per heavy atom. The maximum atomic E-state index is 12.4. The lowest BCUT2D eigenvalue weighted by Gasteiger charge is -1.94. The first-order valence-electron chi connectivity index (χ1n) is 4.05. The predicted molar refractivity (Wildman–Crippen MR) is 49.1 cm³/mol. The summed E-state index contributed by atoms with van der Waals surface area (Å²) in [4.78, 5) is 4.07. The normalized spacial score (nSPS) is 10.8. The summed E-state index contributed by atoms with van der Waals surface area (Å²) >= 11 is 0. The average molecular weight is 164 g/mol. The monoisotopic (exact) mass is 164 g/mol. The van der Waals surface area contributed by atoms with Crippen molar-refractivity contribution in [2.75, 3.05) is 6.54 Å². The van der Waals surface area contributed by atoms with Crippen LogP contribution < -0.4 is 0 Å². The highest BCUT2D eigenvalue weighted by atomic mass is 18.2. The Bertz CT molecular complexity index is 251. The first-order valence-corrected chi connectivity index (χ1v) is 4.05. The summed E-state index contributed by atoms with van der Waals surface area (Å²) in [5, 5.41) is 0. The van der Waals surface area contributed by atoms with Crippen LogP contribution in [0.25, 0.3) is 0 Å². The number of hydrogen-bond donors (Lipinski definition) is 0. The van der Waals surface area contributed by atoms with E-state index in [1.54, 1.807) is 12.1 Å². The van der Waals surface area contributed by atoms with E-state index < -0.39 is 0 Å². The topological polar surface area (TPSA) is 12.4 Å². The van der Waals surface area contributed by atoms with Crippen LogP contribution in [0.4, 0.5) is 4.39 Å². The Balaban J connectivity index is 2.53. The van der Waals surface area contributed by atoms with E-state index in [1.807, 2.05) is 13.1 Å². The van der Waals surface area contributed by atoms with Crippen LogP contribution in [0.3, 0.4) is 0 Å². The third-order valence-electron chi connectivity index (χ3n) is 1.55. The molecular weight excluding hydrogens is 152 g/mol. The Morgan fingerprint density at radius 1 is 1.33 bits per heavy atom. The van der Waals surface area contributed by atoms with E-state index in [4.69, 9.17) is 0 Å². The van der Waals surface area contributed by atoms with Crippen molar-refractivity contribution in [3.63, 3.8) is 0 Å². The third-order valence-corrected chi connectivity index (χ3v) is 1.55. The van der Waals surface area contributed by atoms with E-state index in [9.17, 15) is 4.39 Å². The fourth-order valence-corrected chi connectivity index (χ4v) is 0.920. The summed E-state index contributed by atoms with van der Waals surface area (Å²) < 4.78 is 12.4. The summed E-state index contributed by atoms with van der Waals surface area (Å²) in [5.74, 6) is -0.189. The van der Waals surface area contributed by atoms with Crippen LogP contribution in [0.15, 0.2) is 29.3 Å². The fourth-order valence-electron chi connectivity index (χ4n) is 0.920. The molecule has 0 fully saturated rings. The first-order chi connectivity index (χ1) is 5.83. The molecule has 1 nitrogen and oxygen atoms in total. The zero-order valence-corrected chi connectivity index (χ0v) is 7.13. The van der Waals surface area contributed by atoms with Gasteiger partial charge in [-0.1, -0.05) is 12.1 Å². The maximum absolute atomic E-state index is 12.4. The van der Waals surface area contributed by atoms with E-state index in [-0.39, 0.29) is 5.82 Å². The molecule has 0 radical (unpaired) electrons. The zero-order valence-electron chi connectivity index (χ0n) is 7.13. The van der Waals surface area contributed by atoms with Crippen molar-refractivity contribution in [2.45, 2.75) is 13.3 Å². The Hall–Kier alpha value is -1.18. The molecule has 0 saturated carbocycles. The molecular formula is C10H12FN. The van der Waals surface area contributed by atoms with Gasteiger partial charge in [-0.15, -0.1) is 0 Å². The number of hydrogen-bond acceptors (Lipinski definition) is 1. The standard InChI is InChI=1S/C10H12FN/c1-2-12-8-7-9-3-5-10(11)6-4-9/h3-6,8H,2,7H2,1H3/i11-1. The third kappa shape index (κ3) is 2.82. The van der Waals surface area contributed by atoms with Gasteiger partial charge in [0.05, 0.1) is 0 Å². The van der Waals surface area contributed by atoms with E-state index >= 15 is 0 Å². The lowest BCUT2D eigenvalue weighted by atomic mass is 10.2. The van der Waals surface area contributed by atoms with Crippen molar-refractivity contribution in [2.24, 2.45) is 4.99 Å². The second-order valence-electron chi connectivity index (χ2n) is 2.51. The predicted octanol–water partition coefficient (Wildman–Crippen LogP) is 2.46. The maximum Gasteiger partial charge on any atom is 0.123 e. The smallest absolute Gasteiger partial charge is 0.123 e. The Kier molecular flexibility index (Phi) is 3.45. The van der Waals surface area contributed by atoms with Crippen molar-refractivity contribution >= 4 is 6.21 Å². The van der Waals surface area contributed by atoms with Crippen LogP contribution in [-0.4, -0.2) is 12.8 Å². The van der Waals surface area contributed by atoms with E-state index in [2.05, 4.69) is 4.99 Å². The minimum atomic E-state index is -0.189. The molecule has 1 rings (SSSR count). The van der Waals surface area contributed by atoms with Gasteiger partial charge in [-0.25, -0.2) is 4.39 Å². The largest absolute Gasteiger partial charge is 0.297 e. The summed E-state index contributed by atoms with van der Waals surface area (Å²) in [5.41, 5.74) is 1.09. The minimum Gasteiger partial charge on any atom is -0.297 e. The van der Waals surface area contributed by atoms with E-state index in [0.717, 1.165) is 18.5 Å². The van der Waals surface area contributed by atoms with Gasteiger partial charge in [0, 0.05) is 19.2 Å². The second kappa shape index (κ2) is 4.65. The number of aliphatic imine (C=N–C) groups is 1. The molecule has 0 aliphatic heterocycles. The molecule has 1 aromatic carbocycles. The molecule has 2 heteroatoms. The lowest BCUT2D eigenvalue weighted by molar-refractivity contribution is 0.627. The first kappa shape index (κ1) is 8.91. The number of rotatable bonds is 3. The Morgan fingerprint density at radius 2 is 2.00 bits per heavy atom. The highest BCUT2D eigenvalue weighted by Crippen LogP contribution is 2.01. The molecule has 0 bridgehead atoms. The molecule has 0 unspecified atom stereocenters. The highest BCUT2D eigenvalue weighted by molar-refractivity contribution is 5.61. The van der Waals surface area contributed by atoms with Crippen LogP contribution in [0.5, 0.6) is 0 Å². The summed E-state index contributed by atoms with van der Waals surface area (Å²) in [7, 11) is 0. The number of nitrogens with zero attached hydrogens (tertiary/aromatic N) is 1. The van der Waals surface area contributed by atoms with E-state index in [0.29, 0.717) is 0 Å². The summed E-state index contributed by atoms with van der Waals surface area (Å²) in [6, 6.07) is 6.48. The van der Waals surface area contributed by atoms with Gasteiger partial charge in [-0.3, -0.25) is 4.99 Å². The minimum absolute atomic E-state index is 0.189. The van der Waals surface area contributed by atoms with Crippen LogP contribution >= 0.6 is 0 Å². The summed E-state index contributed by atoms with van der Waals surface area (Å²) in [6.45, 7) is 2.79. The van der Waals surface area contributed by atoms with Gasteiger partial charge in [-0.05, 0) is 24.6 Å². The molecule has 0 heterocycles. The molecule has 1 aromatic rings. The molecule has 0 atom stereocenters. The summed E-state index contributed by atoms with van der Waals surface area (Å²) in [6.07, 6.45) is 2.64. The second-order valence-corrected chi connectivity index (χ2v) is 2.51. The number of halogens is 1. The van der Waals surface area contributed by atoms with Gasteiger partial charge >= 0.3 is 0 Å². The molecule has 0 saturated heterocycles. The van der Waals surface area contributed by atoms with Gasteiger partial charge in [0.1, 0.15) is 5.82 Å². The van der Waals surface area contributed by atoms with Crippen molar-refractivity contribution in [3.8, 4) is 0 Å². The van der Waals surface area contributed by atoms with Crippen LogP contribution in [-0.2, 0) is 6.42 Å². The SMILES string of the molecule is CCN=CCc1ccc([18F])cc1. The number of benzene rings is 1. The van der Waals surface area contributed by atoms with Crippen molar-refractivity contribution in [1.82, 2.24) is 0 Å². The molecule has 12 heavy (non-hydrogen) atoms. The van der Waals surface area contributed by atoms with Gasteiger partial charge in [0.2, 0.25) is 0 Å². The van der Waals surface area contributed by atoms with Crippen LogP contribution in [0.1, 0.15) is 12.5 Å². The molecule has 0 aromatic heterocycles. The average Bonchev–Trinajstić information content (AvgIpc) is 2.09. The zero-order chi connectivity index (χ0) is 8.81. The molecule has 0 spiro atoms. The molecule has 0 aliphatic carbocycles. The molecule has 0 N–H and O–H groups in total. The van der Waals surface area contributed by atoms with Crippen molar-refractivity contribution in [1.29, 1.82) is 0 Å². The quantitative estimate of drug-likeness (QED) is 0.608. The highest BCUT2D eigenvalue weighted by Gasteiger charge is 1.90. The van der Waals surface area contributed by atoms with E-state index in [1.165, 1.54) is 12.1 Å².